The Labute approximate surface area is 197 Å². The molecular formula is C28H37N3O2. The number of hydrogen-bond donors (Lipinski definition) is 0. The van der Waals surface area contributed by atoms with Crippen molar-refractivity contribution < 1.29 is 4.79 Å². The fourth-order valence-electron chi connectivity index (χ4n) is 4.40. The third-order valence-electron chi connectivity index (χ3n) is 6.30. The Morgan fingerprint density at radius 1 is 1.03 bits per heavy atom. The predicted octanol–water partition coefficient (Wildman–Crippen LogP) is 6.27. The second kappa shape index (κ2) is 11.3. The van der Waals surface area contributed by atoms with E-state index < -0.39 is 0 Å². The quantitative estimate of drug-likeness (QED) is 0.344. The number of amides is 1. The molecule has 0 spiro atoms. The molecule has 0 fully saturated rings. The van der Waals surface area contributed by atoms with Crippen LogP contribution in [0, 0.1) is 13.8 Å². The van der Waals surface area contributed by atoms with Crippen LogP contribution in [0.25, 0.3) is 16.6 Å². The Morgan fingerprint density at radius 3 is 2.45 bits per heavy atom. The first-order chi connectivity index (χ1) is 15.9. The molecule has 0 bridgehead atoms. The number of fused-ring (bicyclic) bond motifs is 1. The molecular weight excluding hydrogens is 410 g/mol. The summed E-state index contributed by atoms with van der Waals surface area (Å²) in [5.74, 6) is 0.752. The molecule has 3 aromatic rings. The summed E-state index contributed by atoms with van der Waals surface area (Å²) in [5.41, 5.74) is 3.55. The van der Waals surface area contributed by atoms with Gasteiger partial charge in [0.2, 0.25) is 5.91 Å². The van der Waals surface area contributed by atoms with Gasteiger partial charge in [-0.2, -0.15) is 0 Å². The summed E-state index contributed by atoms with van der Waals surface area (Å²) in [6.45, 7) is 11.0. The van der Waals surface area contributed by atoms with Crippen LogP contribution in [0.4, 0.5) is 0 Å². The van der Waals surface area contributed by atoms with Crippen LogP contribution in [-0.2, 0) is 4.79 Å². The number of unbranched alkanes of at least 4 members (excludes halogenated alkanes) is 3. The molecule has 0 saturated heterocycles. The van der Waals surface area contributed by atoms with Crippen molar-refractivity contribution in [2.45, 2.75) is 79.2 Å². The number of aromatic nitrogens is 2. The van der Waals surface area contributed by atoms with Gasteiger partial charge in [0.15, 0.2) is 0 Å². The number of carbonyl (C=O) groups is 1. The minimum atomic E-state index is -0.316. The Hall–Kier alpha value is -2.95. The zero-order valence-corrected chi connectivity index (χ0v) is 20.7. The standard InChI is InChI=1S/C28H37N3O2/c1-6-8-12-18-30(26(32)15-9-7-2)22(5)27-29-24-14-11-10-13-23(24)28(33)31(27)25-17-16-20(3)19-21(25)4/h10-11,13-14,16-17,19,22H,6-9,12,15,18H2,1-5H3. The maximum Gasteiger partial charge on any atom is 0.266 e. The van der Waals surface area contributed by atoms with E-state index in [9.17, 15) is 9.59 Å². The molecule has 5 heteroatoms. The van der Waals surface area contributed by atoms with Crippen LogP contribution in [0.2, 0.25) is 0 Å². The highest BCUT2D eigenvalue weighted by Crippen LogP contribution is 2.26. The van der Waals surface area contributed by atoms with Gasteiger partial charge in [0.1, 0.15) is 5.82 Å². The van der Waals surface area contributed by atoms with E-state index in [-0.39, 0.29) is 17.5 Å². The molecule has 3 rings (SSSR count). The molecule has 1 unspecified atom stereocenters. The second-order valence-electron chi connectivity index (χ2n) is 8.99. The molecule has 1 heterocycles. The van der Waals surface area contributed by atoms with Crippen LogP contribution < -0.4 is 5.56 Å². The molecule has 1 aromatic heterocycles. The van der Waals surface area contributed by atoms with Gasteiger partial charge in [-0.25, -0.2) is 4.98 Å². The van der Waals surface area contributed by atoms with E-state index in [1.54, 1.807) is 4.57 Å². The van der Waals surface area contributed by atoms with Crippen molar-refractivity contribution in [3.05, 3.63) is 69.8 Å². The Balaban J connectivity index is 2.19. The first-order valence-corrected chi connectivity index (χ1v) is 12.3. The van der Waals surface area contributed by atoms with Gasteiger partial charge in [-0.3, -0.25) is 14.2 Å². The summed E-state index contributed by atoms with van der Waals surface area (Å²) in [4.78, 5) is 33.9. The van der Waals surface area contributed by atoms with E-state index in [1.807, 2.05) is 62.1 Å². The van der Waals surface area contributed by atoms with Crippen molar-refractivity contribution in [1.82, 2.24) is 14.5 Å². The number of benzene rings is 2. The Kier molecular flexibility index (Phi) is 8.43. The van der Waals surface area contributed by atoms with Gasteiger partial charge in [-0.05, 0) is 57.4 Å². The highest BCUT2D eigenvalue weighted by atomic mass is 16.2. The van der Waals surface area contributed by atoms with Gasteiger partial charge >= 0.3 is 0 Å². The normalized spacial score (nSPS) is 12.2. The summed E-state index contributed by atoms with van der Waals surface area (Å²) in [6, 6.07) is 13.2. The highest BCUT2D eigenvalue weighted by Gasteiger charge is 2.26. The number of nitrogens with zero attached hydrogens (tertiary/aromatic N) is 3. The van der Waals surface area contributed by atoms with E-state index in [0.29, 0.717) is 29.7 Å². The van der Waals surface area contributed by atoms with Crippen LogP contribution in [0.5, 0.6) is 0 Å². The molecule has 1 atom stereocenters. The fourth-order valence-corrected chi connectivity index (χ4v) is 4.40. The molecule has 33 heavy (non-hydrogen) atoms. The zero-order valence-electron chi connectivity index (χ0n) is 20.7. The molecule has 0 radical (unpaired) electrons. The maximum absolute atomic E-state index is 13.7. The van der Waals surface area contributed by atoms with Crippen molar-refractivity contribution in [3.8, 4) is 5.69 Å². The third-order valence-corrected chi connectivity index (χ3v) is 6.30. The lowest BCUT2D eigenvalue weighted by Gasteiger charge is -2.31. The molecule has 176 valence electrons. The molecule has 0 aliphatic rings. The first kappa shape index (κ1) is 24.7. The number of carbonyl (C=O) groups excluding carboxylic acids is 1. The third kappa shape index (κ3) is 5.52. The molecule has 5 nitrogen and oxygen atoms in total. The lowest BCUT2D eigenvalue weighted by atomic mass is 10.1. The topological polar surface area (TPSA) is 55.2 Å². The van der Waals surface area contributed by atoms with Crippen molar-refractivity contribution in [1.29, 1.82) is 0 Å². The molecule has 1 amide bonds. The monoisotopic (exact) mass is 447 g/mol. The molecule has 0 N–H and O–H groups in total. The number of aryl methyl sites for hydroxylation is 2. The summed E-state index contributed by atoms with van der Waals surface area (Å²) in [7, 11) is 0. The number of rotatable bonds is 10. The van der Waals surface area contributed by atoms with Gasteiger partial charge in [0.05, 0.1) is 22.6 Å². The van der Waals surface area contributed by atoms with Gasteiger partial charge in [0, 0.05) is 13.0 Å². The van der Waals surface area contributed by atoms with Crippen LogP contribution in [-0.4, -0.2) is 26.9 Å². The van der Waals surface area contributed by atoms with Crippen LogP contribution in [0.3, 0.4) is 0 Å². The van der Waals surface area contributed by atoms with Crippen LogP contribution in [0.15, 0.2) is 47.3 Å². The minimum Gasteiger partial charge on any atom is -0.333 e. The summed E-state index contributed by atoms with van der Waals surface area (Å²) >= 11 is 0. The van der Waals surface area contributed by atoms with E-state index in [2.05, 4.69) is 19.9 Å². The average molecular weight is 448 g/mol. The Bertz CT molecular complexity index is 1170. The van der Waals surface area contributed by atoms with Gasteiger partial charge < -0.3 is 4.90 Å². The lowest BCUT2D eigenvalue weighted by Crippen LogP contribution is -2.38. The van der Waals surface area contributed by atoms with Gasteiger partial charge in [-0.1, -0.05) is 62.9 Å². The summed E-state index contributed by atoms with van der Waals surface area (Å²) in [6.07, 6.45) is 5.47. The fraction of sp³-hybridized carbons (Fsp3) is 0.464. The summed E-state index contributed by atoms with van der Waals surface area (Å²) < 4.78 is 1.72. The average Bonchev–Trinajstić information content (AvgIpc) is 2.80. The van der Waals surface area contributed by atoms with Crippen molar-refractivity contribution in [2.24, 2.45) is 0 Å². The second-order valence-corrected chi connectivity index (χ2v) is 8.99. The zero-order chi connectivity index (χ0) is 24.0. The molecule has 0 aliphatic carbocycles. The van der Waals surface area contributed by atoms with E-state index in [4.69, 9.17) is 4.98 Å². The van der Waals surface area contributed by atoms with Gasteiger partial charge in [-0.15, -0.1) is 0 Å². The minimum absolute atomic E-state index is 0.0936. The molecule has 0 saturated carbocycles. The van der Waals surface area contributed by atoms with Crippen molar-refractivity contribution in [3.63, 3.8) is 0 Å². The Morgan fingerprint density at radius 2 is 1.76 bits per heavy atom. The van der Waals surface area contributed by atoms with Crippen molar-refractivity contribution in [2.75, 3.05) is 6.54 Å². The van der Waals surface area contributed by atoms with Crippen LogP contribution >= 0.6 is 0 Å². The van der Waals surface area contributed by atoms with Crippen molar-refractivity contribution >= 4 is 16.8 Å². The first-order valence-electron chi connectivity index (χ1n) is 12.3. The maximum atomic E-state index is 13.7. The smallest absolute Gasteiger partial charge is 0.266 e. The largest absolute Gasteiger partial charge is 0.333 e. The predicted molar refractivity (Wildman–Crippen MR) is 136 cm³/mol. The van der Waals surface area contributed by atoms with E-state index >= 15 is 0 Å². The number of hydrogen-bond acceptors (Lipinski definition) is 3. The molecule has 2 aromatic carbocycles. The lowest BCUT2D eigenvalue weighted by molar-refractivity contribution is -0.133. The van der Waals surface area contributed by atoms with Crippen LogP contribution in [0.1, 0.15) is 82.3 Å². The van der Waals surface area contributed by atoms with Gasteiger partial charge in [0.25, 0.3) is 5.56 Å². The molecule has 0 aliphatic heterocycles. The SMILES string of the molecule is CCCCCN(C(=O)CCCC)C(C)c1nc2ccccc2c(=O)n1-c1ccc(C)cc1C. The number of para-hydroxylation sites is 1. The highest BCUT2D eigenvalue weighted by molar-refractivity contribution is 5.79. The summed E-state index contributed by atoms with van der Waals surface area (Å²) in [5, 5.41) is 0.586. The van der Waals surface area contributed by atoms with E-state index in [0.717, 1.165) is 48.9 Å². The van der Waals surface area contributed by atoms with E-state index in [1.165, 1.54) is 0 Å².